The Morgan fingerprint density at radius 2 is 2.12 bits per heavy atom. The summed E-state index contributed by atoms with van der Waals surface area (Å²) >= 11 is 0. The predicted octanol–water partition coefficient (Wildman–Crippen LogP) is 2.20. The zero-order chi connectivity index (χ0) is 12.0. The Morgan fingerprint density at radius 1 is 1.38 bits per heavy atom. The number of amides is 1. The number of unbranched alkanes of at least 4 members (excludes halogenated alkanes) is 2. The molecule has 1 fully saturated rings. The molecule has 0 radical (unpaired) electrons. The van der Waals surface area contributed by atoms with Gasteiger partial charge in [-0.3, -0.25) is 4.79 Å². The molecule has 1 rings (SSSR count). The van der Waals surface area contributed by atoms with Gasteiger partial charge in [-0.2, -0.15) is 0 Å². The largest absolute Gasteiger partial charge is 0.353 e. The van der Waals surface area contributed by atoms with Crippen LogP contribution in [0.25, 0.3) is 0 Å². The Labute approximate surface area is 99.2 Å². The Hall–Kier alpha value is -0.570. The lowest BCUT2D eigenvalue weighted by atomic mass is 9.92. The van der Waals surface area contributed by atoms with Gasteiger partial charge in [0, 0.05) is 12.5 Å². The Bertz CT molecular complexity index is 226. The van der Waals surface area contributed by atoms with Crippen LogP contribution < -0.4 is 11.1 Å². The van der Waals surface area contributed by atoms with Crippen LogP contribution in [0.1, 0.15) is 58.8 Å². The van der Waals surface area contributed by atoms with Gasteiger partial charge in [0.25, 0.3) is 0 Å². The molecule has 1 saturated carbocycles. The van der Waals surface area contributed by atoms with Crippen LogP contribution in [0.15, 0.2) is 0 Å². The van der Waals surface area contributed by atoms with Crippen molar-refractivity contribution in [1.82, 2.24) is 5.32 Å². The van der Waals surface area contributed by atoms with E-state index in [0.717, 1.165) is 38.6 Å². The molecule has 1 atom stereocenters. The molecular weight excluding hydrogens is 200 g/mol. The van der Waals surface area contributed by atoms with Gasteiger partial charge >= 0.3 is 0 Å². The fraction of sp³-hybridized carbons (Fsp3) is 0.923. The summed E-state index contributed by atoms with van der Waals surface area (Å²) in [5, 5.41) is 3.14. The zero-order valence-electron chi connectivity index (χ0n) is 10.7. The molecule has 3 heteroatoms. The van der Waals surface area contributed by atoms with Gasteiger partial charge in [-0.25, -0.2) is 0 Å². The van der Waals surface area contributed by atoms with Crippen LogP contribution in [0.3, 0.4) is 0 Å². The fourth-order valence-corrected chi connectivity index (χ4v) is 2.47. The summed E-state index contributed by atoms with van der Waals surface area (Å²) in [7, 11) is 0. The van der Waals surface area contributed by atoms with Crippen molar-refractivity contribution in [1.29, 1.82) is 0 Å². The van der Waals surface area contributed by atoms with E-state index in [4.69, 9.17) is 5.73 Å². The van der Waals surface area contributed by atoms with Crippen LogP contribution in [0.2, 0.25) is 0 Å². The van der Waals surface area contributed by atoms with Gasteiger partial charge in [-0.15, -0.1) is 0 Å². The molecule has 0 aromatic carbocycles. The Balaban J connectivity index is 2.11. The highest BCUT2D eigenvalue weighted by Gasteiger charge is 2.31. The molecule has 3 N–H and O–H groups in total. The standard InChI is InChI=1S/C13H26N2O/c1-13(2)8-7-11(10-13)15-12(16)6-4-3-5-9-14/h11H,3-10,14H2,1-2H3,(H,15,16). The van der Waals surface area contributed by atoms with Gasteiger partial charge in [-0.05, 0) is 44.1 Å². The van der Waals surface area contributed by atoms with Crippen molar-refractivity contribution in [2.75, 3.05) is 6.54 Å². The third-order valence-electron chi connectivity index (χ3n) is 3.44. The maximum Gasteiger partial charge on any atom is 0.220 e. The smallest absolute Gasteiger partial charge is 0.220 e. The second kappa shape index (κ2) is 6.24. The summed E-state index contributed by atoms with van der Waals surface area (Å²) in [6, 6.07) is 0.414. The van der Waals surface area contributed by atoms with Crippen LogP contribution in [0.4, 0.5) is 0 Å². The van der Waals surface area contributed by atoms with Gasteiger partial charge in [0.15, 0.2) is 0 Å². The number of carbonyl (C=O) groups excluding carboxylic acids is 1. The first-order valence-corrected chi connectivity index (χ1v) is 6.53. The number of rotatable bonds is 6. The van der Waals surface area contributed by atoms with E-state index in [-0.39, 0.29) is 5.91 Å². The minimum Gasteiger partial charge on any atom is -0.353 e. The molecule has 1 aliphatic carbocycles. The van der Waals surface area contributed by atoms with Crippen LogP contribution in [0.5, 0.6) is 0 Å². The van der Waals surface area contributed by atoms with E-state index in [1.54, 1.807) is 0 Å². The van der Waals surface area contributed by atoms with Gasteiger partial charge in [0.2, 0.25) is 5.91 Å². The van der Waals surface area contributed by atoms with Crippen LogP contribution >= 0.6 is 0 Å². The van der Waals surface area contributed by atoms with Gasteiger partial charge < -0.3 is 11.1 Å². The average Bonchev–Trinajstić information content (AvgIpc) is 2.53. The summed E-state index contributed by atoms with van der Waals surface area (Å²) in [4.78, 5) is 11.6. The normalized spacial score (nSPS) is 23.3. The summed E-state index contributed by atoms with van der Waals surface area (Å²) in [6.07, 6.45) is 7.23. The molecule has 1 unspecified atom stereocenters. The van der Waals surface area contributed by atoms with Gasteiger partial charge in [-0.1, -0.05) is 20.3 Å². The first-order valence-electron chi connectivity index (χ1n) is 6.53. The number of nitrogens with one attached hydrogen (secondary N) is 1. The number of nitrogens with two attached hydrogens (primary N) is 1. The summed E-state index contributed by atoms with van der Waals surface area (Å²) in [6.45, 7) is 5.29. The maximum absolute atomic E-state index is 11.6. The van der Waals surface area contributed by atoms with Gasteiger partial charge in [0.05, 0.1) is 0 Å². The van der Waals surface area contributed by atoms with Crippen molar-refractivity contribution < 1.29 is 4.79 Å². The topological polar surface area (TPSA) is 55.1 Å². The Morgan fingerprint density at radius 3 is 2.69 bits per heavy atom. The molecule has 3 nitrogen and oxygen atoms in total. The molecule has 1 amide bonds. The molecule has 0 spiro atoms. The molecule has 0 saturated heterocycles. The number of hydrogen-bond acceptors (Lipinski definition) is 2. The van der Waals surface area contributed by atoms with E-state index in [2.05, 4.69) is 19.2 Å². The Kier molecular flexibility index (Phi) is 5.26. The second-order valence-corrected chi connectivity index (χ2v) is 5.77. The lowest BCUT2D eigenvalue weighted by Crippen LogP contribution is -2.33. The SMILES string of the molecule is CC1(C)CCC(NC(=O)CCCCCN)C1. The van der Waals surface area contributed by atoms with Crippen molar-refractivity contribution in [3.8, 4) is 0 Å². The first kappa shape index (κ1) is 13.5. The molecule has 0 aliphatic heterocycles. The fourth-order valence-electron chi connectivity index (χ4n) is 2.47. The average molecular weight is 226 g/mol. The van der Waals surface area contributed by atoms with Crippen molar-refractivity contribution >= 4 is 5.91 Å². The monoisotopic (exact) mass is 226 g/mol. The predicted molar refractivity (Wildman–Crippen MR) is 67.1 cm³/mol. The van der Waals surface area contributed by atoms with Crippen LogP contribution in [0, 0.1) is 5.41 Å². The minimum atomic E-state index is 0.222. The summed E-state index contributed by atoms with van der Waals surface area (Å²) in [5.74, 6) is 0.222. The highest BCUT2D eigenvalue weighted by molar-refractivity contribution is 5.76. The van der Waals surface area contributed by atoms with Crippen LogP contribution in [-0.2, 0) is 4.79 Å². The molecule has 1 aliphatic rings. The van der Waals surface area contributed by atoms with E-state index in [1.807, 2.05) is 0 Å². The van der Waals surface area contributed by atoms with Crippen molar-refractivity contribution in [2.24, 2.45) is 11.1 Å². The van der Waals surface area contributed by atoms with E-state index in [1.165, 1.54) is 6.42 Å². The molecular formula is C13H26N2O. The lowest BCUT2D eigenvalue weighted by molar-refractivity contribution is -0.121. The minimum absolute atomic E-state index is 0.222. The zero-order valence-corrected chi connectivity index (χ0v) is 10.7. The molecule has 0 heterocycles. The highest BCUT2D eigenvalue weighted by atomic mass is 16.1. The highest BCUT2D eigenvalue weighted by Crippen LogP contribution is 2.36. The van der Waals surface area contributed by atoms with E-state index < -0.39 is 0 Å². The van der Waals surface area contributed by atoms with Crippen LogP contribution in [-0.4, -0.2) is 18.5 Å². The third-order valence-corrected chi connectivity index (χ3v) is 3.44. The molecule has 0 aromatic heterocycles. The molecule has 0 bridgehead atoms. The van der Waals surface area contributed by atoms with Crippen molar-refractivity contribution in [3.63, 3.8) is 0 Å². The quantitative estimate of drug-likeness (QED) is 0.682. The van der Waals surface area contributed by atoms with Crippen molar-refractivity contribution in [3.05, 3.63) is 0 Å². The number of hydrogen-bond donors (Lipinski definition) is 2. The molecule has 94 valence electrons. The lowest BCUT2D eigenvalue weighted by Gasteiger charge is -2.17. The first-order chi connectivity index (χ1) is 7.53. The van der Waals surface area contributed by atoms with E-state index >= 15 is 0 Å². The summed E-state index contributed by atoms with van der Waals surface area (Å²) in [5.41, 5.74) is 5.82. The summed E-state index contributed by atoms with van der Waals surface area (Å²) < 4.78 is 0. The van der Waals surface area contributed by atoms with E-state index in [9.17, 15) is 4.79 Å². The van der Waals surface area contributed by atoms with E-state index in [0.29, 0.717) is 17.9 Å². The number of carbonyl (C=O) groups is 1. The third kappa shape index (κ3) is 4.97. The molecule has 16 heavy (non-hydrogen) atoms. The second-order valence-electron chi connectivity index (χ2n) is 5.77. The van der Waals surface area contributed by atoms with Crippen molar-refractivity contribution in [2.45, 2.75) is 64.8 Å². The van der Waals surface area contributed by atoms with Gasteiger partial charge in [0.1, 0.15) is 0 Å². The maximum atomic E-state index is 11.6. The molecule has 0 aromatic rings.